The van der Waals surface area contributed by atoms with E-state index in [1.165, 1.54) is 32.1 Å². The van der Waals surface area contributed by atoms with Gasteiger partial charge in [0.1, 0.15) is 5.82 Å². The van der Waals surface area contributed by atoms with Crippen molar-refractivity contribution in [1.29, 1.82) is 0 Å². The molecule has 1 saturated carbocycles. The molecule has 20 heavy (non-hydrogen) atoms. The van der Waals surface area contributed by atoms with Gasteiger partial charge in [0.15, 0.2) is 0 Å². The highest BCUT2D eigenvalue weighted by atomic mass is 16.4. The van der Waals surface area contributed by atoms with Crippen LogP contribution in [0.3, 0.4) is 0 Å². The third kappa shape index (κ3) is 2.69. The van der Waals surface area contributed by atoms with Crippen LogP contribution < -0.4 is 4.90 Å². The van der Waals surface area contributed by atoms with Crippen LogP contribution in [0.5, 0.6) is 0 Å². The van der Waals surface area contributed by atoms with Gasteiger partial charge in [-0.05, 0) is 55.4 Å². The van der Waals surface area contributed by atoms with Gasteiger partial charge in [0, 0.05) is 24.9 Å². The molecule has 2 fully saturated rings. The summed E-state index contributed by atoms with van der Waals surface area (Å²) in [6, 6.07) is 4.62. The number of carboxylic acid groups (broad SMARTS) is 1. The number of anilines is 1. The third-order valence-corrected chi connectivity index (χ3v) is 4.48. The van der Waals surface area contributed by atoms with Crippen LogP contribution in [0.25, 0.3) is 6.08 Å². The Bertz CT molecular complexity index is 510. The molecule has 4 heteroatoms. The maximum atomic E-state index is 10.5. The monoisotopic (exact) mass is 272 g/mol. The molecule has 1 aliphatic carbocycles. The van der Waals surface area contributed by atoms with E-state index in [1.54, 1.807) is 12.3 Å². The van der Waals surface area contributed by atoms with Crippen molar-refractivity contribution in [2.24, 2.45) is 5.92 Å². The van der Waals surface area contributed by atoms with E-state index in [-0.39, 0.29) is 0 Å². The first-order chi connectivity index (χ1) is 9.74. The number of carboxylic acids is 1. The van der Waals surface area contributed by atoms with Crippen molar-refractivity contribution in [3.63, 3.8) is 0 Å². The average Bonchev–Trinajstić information content (AvgIpc) is 2.94. The van der Waals surface area contributed by atoms with Crippen molar-refractivity contribution in [3.05, 3.63) is 30.0 Å². The molecule has 0 bridgehead atoms. The van der Waals surface area contributed by atoms with Gasteiger partial charge in [0.2, 0.25) is 0 Å². The van der Waals surface area contributed by atoms with Gasteiger partial charge >= 0.3 is 5.97 Å². The van der Waals surface area contributed by atoms with Gasteiger partial charge in [-0.15, -0.1) is 0 Å². The number of carbonyl (C=O) groups is 1. The second-order valence-electron chi connectivity index (χ2n) is 5.72. The zero-order valence-electron chi connectivity index (χ0n) is 11.5. The molecule has 0 spiro atoms. The lowest BCUT2D eigenvalue weighted by molar-refractivity contribution is -0.131. The number of piperidine rings is 1. The minimum Gasteiger partial charge on any atom is -0.478 e. The fourth-order valence-corrected chi connectivity index (χ4v) is 3.57. The highest BCUT2D eigenvalue weighted by molar-refractivity contribution is 5.85. The second kappa shape index (κ2) is 5.65. The molecule has 0 radical (unpaired) electrons. The number of hydrogen-bond acceptors (Lipinski definition) is 3. The predicted octanol–water partition coefficient (Wildman–Crippen LogP) is 2.95. The second-order valence-corrected chi connectivity index (χ2v) is 5.72. The van der Waals surface area contributed by atoms with Crippen molar-refractivity contribution in [2.45, 2.75) is 38.1 Å². The summed E-state index contributed by atoms with van der Waals surface area (Å²) in [6.07, 6.45) is 11.1. The lowest BCUT2D eigenvalue weighted by Gasteiger charge is -2.38. The Morgan fingerprint density at radius 3 is 2.90 bits per heavy atom. The van der Waals surface area contributed by atoms with E-state index in [2.05, 4.69) is 9.88 Å². The van der Waals surface area contributed by atoms with Crippen molar-refractivity contribution < 1.29 is 9.90 Å². The van der Waals surface area contributed by atoms with E-state index >= 15 is 0 Å². The molecule has 1 aliphatic heterocycles. The van der Waals surface area contributed by atoms with Crippen LogP contribution in [0, 0.1) is 5.92 Å². The number of aliphatic carboxylic acids is 1. The summed E-state index contributed by atoms with van der Waals surface area (Å²) >= 11 is 0. The van der Waals surface area contributed by atoms with Crippen molar-refractivity contribution in [1.82, 2.24) is 4.98 Å². The standard InChI is InChI=1S/C16H20N2O2/c19-16(20)9-7-12-6-8-15(17-11-12)18-10-2-4-13-3-1-5-14(13)18/h6-9,11,13-14H,1-5,10H2,(H,19,20)/b9-7+. The smallest absolute Gasteiger partial charge is 0.328 e. The SMILES string of the molecule is O=C(O)/C=C/c1ccc(N2CCCC3CCCC32)nc1. The largest absolute Gasteiger partial charge is 0.478 e. The molecule has 0 aromatic carbocycles. The molecule has 106 valence electrons. The Balaban J connectivity index is 1.75. The van der Waals surface area contributed by atoms with Crippen LogP contribution in [0.4, 0.5) is 5.82 Å². The molecule has 2 aliphatic rings. The van der Waals surface area contributed by atoms with E-state index in [0.717, 1.165) is 29.9 Å². The molecular weight excluding hydrogens is 252 g/mol. The molecule has 2 atom stereocenters. The molecule has 1 saturated heterocycles. The van der Waals surface area contributed by atoms with Gasteiger partial charge in [-0.25, -0.2) is 9.78 Å². The fourth-order valence-electron chi connectivity index (χ4n) is 3.57. The first-order valence-corrected chi connectivity index (χ1v) is 7.38. The first-order valence-electron chi connectivity index (χ1n) is 7.38. The van der Waals surface area contributed by atoms with Gasteiger partial charge < -0.3 is 10.0 Å². The van der Waals surface area contributed by atoms with Crippen LogP contribution in [-0.4, -0.2) is 28.6 Å². The van der Waals surface area contributed by atoms with Crippen LogP contribution in [0.1, 0.15) is 37.7 Å². The summed E-state index contributed by atoms with van der Waals surface area (Å²) in [7, 11) is 0. The molecule has 3 rings (SSSR count). The number of pyridine rings is 1. The number of rotatable bonds is 3. The molecule has 2 heterocycles. The normalized spacial score (nSPS) is 25.9. The van der Waals surface area contributed by atoms with Crippen molar-refractivity contribution >= 4 is 17.9 Å². The van der Waals surface area contributed by atoms with Gasteiger partial charge in [-0.3, -0.25) is 0 Å². The molecular formula is C16H20N2O2. The quantitative estimate of drug-likeness (QED) is 0.860. The molecule has 1 aromatic heterocycles. The summed E-state index contributed by atoms with van der Waals surface area (Å²) in [6.45, 7) is 1.10. The highest BCUT2D eigenvalue weighted by Gasteiger charge is 2.35. The summed E-state index contributed by atoms with van der Waals surface area (Å²) in [5.41, 5.74) is 0.830. The van der Waals surface area contributed by atoms with Gasteiger partial charge in [0.25, 0.3) is 0 Å². The fraction of sp³-hybridized carbons (Fsp3) is 0.500. The van der Waals surface area contributed by atoms with E-state index in [9.17, 15) is 4.79 Å². The first kappa shape index (κ1) is 13.2. The van der Waals surface area contributed by atoms with E-state index in [0.29, 0.717) is 6.04 Å². The van der Waals surface area contributed by atoms with E-state index in [4.69, 9.17) is 5.11 Å². The van der Waals surface area contributed by atoms with Crippen LogP contribution in [-0.2, 0) is 4.79 Å². The van der Waals surface area contributed by atoms with E-state index < -0.39 is 5.97 Å². The zero-order valence-corrected chi connectivity index (χ0v) is 11.5. The van der Waals surface area contributed by atoms with Crippen LogP contribution >= 0.6 is 0 Å². The number of aromatic nitrogens is 1. The topological polar surface area (TPSA) is 53.4 Å². The Labute approximate surface area is 119 Å². The summed E-state index contributed by atoms with van der Waals surface area (Å²) < 4.78 is 0. The van der Waals surface area contributed by atoms with Gasteiger partial charge in [0.05, 0.1) is 0 Å². The van der Waals surface area contributed by atoms with Gasteiger partial charge in [-0.2, -0.15) is 0 Å². The predicted molar refractivity (Wildman–Crippen MR) is 78.6 cm³/mol. The van der Waals surface area contributed by atoms with Crippen LogP contribution in [0.15, 0.2) is 24.4 Å². The minimum absolute atomic E-state index is 0.664. The number of nitrogens with zero attached hydrogens (tertiary/aromatic N) is 2. The third-order valence-electron chi connectivity index (χ3n) is 4.48. The Hall–Kier alpha value is -1.84. The summed E-state index contributed by atoms with van der Waals surface area (Å²) in [4.78, 5) is 17.5. The lowest BCUT2D eigenvalue weighted by Crippen LogP contribution is -2.43. The number of hydrogen-bond donors (Lipinski definition) is 1. The molecule has 1 N–H and O–H groups in total. The van der Waals surface area contributed by atoms with Crippen molar-refractivity contribution in [2.75, 3.05) is 11.4 Å². The molecule has 2 unspecified atom stereocenters. The molecule has 0 amide bonds. The summed E-state index contributed by atoms with van der Waals surface area (Å²) in [5.74, 6) is 0.949. The maximum Gasteiger partial charge on any atom is 0.328 e. The maximum absolute atomic E-state index is 10.5. The highest BCUT2D eigenvalue weighted by Crippen LogP contribution is 2.38. The summed E-state index contributed by atoms with van der Waals surface area (Å²) in [5, 5.41) is 8.62. The lowest BCUT2D eigenvalue weighted by atomic mass is 9.92. The minimum atomic E-state index is -0.932. The zero-order chi connectivity index (χ0) is 13.9. The molecule has 1 aromatic rings. The van der Waals surface area contributed by atoms with Crippen LogP contribution in [0.2, 0.25) is 0 Å². The molecule has 4 nitrogen and oxygen atoms in total. The average molecular weight is 272 g/mol. The van der Waals surface area contributed by atoms with Gasteiger partial charge in [-0.1, -0.05) is 6.42 Å². The van der Waals surface area contributed by atoms with E-state index in [1.807, 2.05) is 12.1 Å². The Kier molecular flexibility index (Phi) is 3.72. The number of fused-ring (bicyclic) bond motifs is 1. The van der Waals surface area contributed by atoms with Crippen molar-refractivity contribution in [3.8, 4) is 0 Å². The Morgan fingerprint density at radius 2 is 2.15 bits per heavy atom. The Morgan fingerprint density at radius 1 is 1.30 bits per heavy atom.